The first-order chi connectivity index (χ1) is 9.69. The fourth-order valence-electron chi connectivity index (χ4n) is 1.11. The Balaban J connectivity index is -0.000000295. The van der Waals surface area contributed by atoms with E-state index in [2.05, 4.69) is 0 Å². The van der Waals surface area contributed by atoms with Gasteiger partial charge in [-0.25, -0.2) is 0 Å². The van der Waals surface area contributed by atoms with Crippen LogP contribution in [0.25, 0.3) is 0 Å². The second-order valence-electron chi connectivity index (χ2n) is 3.31. The van der Waals surface area contributed by atoms with Gasteiger partial charge >= 0.3 is 134 Å². The standard InChI is InChI=1S/2C6H16GeO3.H3N/c2*1-4-8-7(9-5-2)10-6-3;/h2*7H,4-6H2,1-3H3;1H3. The van der Waals surface area contributed by atoms with Crippen LogP contribution in [0.2, 0.25) is 0 Å². The molecule has 132 valence electrons. The van der Waals surface area contributed by atoms with E-state index in [1.807, 2.05) is 41.5 Å². The van der Waals surface area contributed by atoms with Gasteiger partial charge in [-0.3, -0.25) is 0 Å². The largest absolute Gasteiger partial charge is 0.344 e. The van der Waals surface area contributed by atoms with Gasteiger partial charge in [-0.15, -0.1) is 0 Å². The Morgan fingerprint density at radius 2 is 0.571 bits per heavy atom. The van der Waals surface area contributed by atoms with Crippen LogP contribution in [0.5, 0.6) is 0 Å². The molecule has 0 aromatic heterocycles. The van der Waals surface area contributed by atoms with Crippen molar-refractivity contribution in [1.29, 1.82) is 0 Å². The average Bonchev–Trinajstić information content (AvgIpc) is 2.41. The molecule has 3 N–H and O–H groups in total. The summed E-state index contributed by atoms with van der Waals surface area (Å²) in [5.74, 6) is 0. The Kier molecular flexibility index (Phi) is 29.3. The molecule has 0 aliphatic rings. The van der Waals surface area contributed by atoms with Crippen LogP contribution in [-0.2, 0) is 22.6 Å². The summed E-state index contributed by atoms with van der Waals surface area (Å²) in [6, 6.07) is 0. The minimum absolute atomic E-state index is 0. The molecule has 0 spiro atoms. The van der Waals surface area contributed by atoms with Crippen molar-refractivity contribution in [2.24, 2.45) is 0 Å². The van der Waals surface area contributed by atoms with E-state index in [-0.39, 0.29) is 6.15 Å². The summed E-state index contributed by atoms with van der Waals surface area (Å²) in [5.41, 5.74) is 0. The van der Waals surface area contributed by atoms with Gasteiger partial charge in [0, 0.05) is 0 Å². The maximum atomic E-state index is 5.27. The first kappa shape index (κ1) is 26.7. The predicted molar refractivity (Wildman–Crippen MR) is 89.1 cm³/mol. The monoisotopic (exact) mass is 437 g/mol. The van der Waals surface area contributed by atoms with Gasteiger partial charge in [0.1, 0.15) is 0 Å². The summed E-state index contributed by atoms with van der Waals surface area (Å²) in [6.45, 7) is 15.9. The predicted octanol–water partition coefficient (Wildman–Crippen LogP) is 1.79. The summed E-state index contributed by atoms with van der Waals surface area (Å²) in [6.07, 6.45) is 0. The number of rotatable bonds is 12. The van der Waals surface area contributed by atoms with Crippen LogP contribution >= 0.6 is 0 Å². The molecule has 0 saturated carbocycles. The Morgan fingerprint density at radius 1 is 0.429 bits per heavy atom. The maximum Gasteiger partial charge on any atom is -0.344 e. The maximum absolute atomic E-state index is 5.27. The SMILES string of the molecule is CC[O][GeH]([O]CC)[O]CC.CC[O][GeH]([O]CC)[O]CC.N. The van der Waals surface area contributed by atoms with Gasteiger partial charge < -0.3 is 6.15 Å². The normalized spacial score (nSPS) is 10.3. The molecular formula is C12H35Ge2NO6. The average molecular weight is 435 g/mol. The second kappa shape index (κ2) is 23.1. The van der Waals surface area contributed by atoms with Gasteiger partial charge in [0.2, 0.25) is 0 Å². The van der Waals surface area contributed by atoms with E-state index < -0.39 is 30.7 Å². The fraction of sp³-hybridized carbons (Fsp3) is 1.00. The first-order valence-corrected chi connectivity index (χ1v) is 13.3. The molecule has 0 rings (SSSR count). The Morgan fingerprint density at radius 3 is 0.667 bits per heavy atom. The molecule has 0 aliphatic carbocycles. The third-order valence-electron chi connectivity index (χ3n) is 1.82. The second-order valence-corrected chi connectivity index (χ2v) is 9.93. The molecule has 0 fully saturated rings. The molecule has 0 amide bonds. The zero-order valence-corrected chi connectivity index (χ0v) is 19.4. The third-order valence-corrected chi connectivity index (χ3v) is 9.44. The zero-order valence-electron chi connectivity index (χ0n) is 14.6. The molecule has 0 unspecified atom stereocenters. The van der Waals surface area contributed by atoms with Crippen LogP contribution in [0.15, 0.2) is 0 Å². The molecule has 0 aromatic rings. The number of hydrogen-bond donors (Lipinski definition) is 1. The molecule has 0 atom stereocenters. The summed E-state index contributed by atoms with van der Waals surface area (Å²) >= 11 is -4.35. The van der Waals surface area contributed by atoms with E-state index in [1.54, 1.807) is 0 Å². The third kappa shape index (κ3) is 20.8. The van der Waals surface area contributed by atoms with Crippen LogP contribution in [-0.4, -0.2) is 70.4 Å². The van der Waals surface area contributed by atoms with Crippen LogP contribution in [0.1, 0.15) is 41.5 Å². The smallest absolute Gasteiger partial charge is 0.344 e. The molecule has 0 saturated heterocycles. The molecule has 0 bridgehead atoms. The van der Waals surface area contributed by atoms with Crippen LogP contribution in [0.3, 0.4) is 0 Å². The van der Waals surface area contributed by atoms with E-state index in [1.165, 1.54) is 0 Å². The molecule has 0 radical (unpaired) electrons. The van der Waals surface area contributed by atoms with Gasteiger partial charge in [-0.1, -0.05) is 0 Å². The Bertz CT molecular complexity index is 135. The van der Waals surface area contributed by atoms with Crippen molar-refractivity contribution < 1.29 is 22.6 Å². The van der Waals surface area contributed by atoms with Gasteiger partial charge in [0.25, 0.3) is 0 Å². The van der Waals surface area contributed by atoms with Crippen molar-refractivity contribution in [3.63, 3.8) is 0 Å². The van der Waals surface area contributed by atoms with Crippen LogP contribution in [0.4, 0.5) is 0 Å². The summed E-state index contributed by atoms with van der Waals surface area (Å²) in [4.78, 5) is 0. The van der Waals surface area contributed by atoms with Gasteiger partial charge in [0.15, 0.2) is 0 Å². The molecule has 0 aromatic carbocycles. The first-order valence-electron chi connectivity index (χ1n) is 7.39. The molecule has 7 nitrogen and oxygen atoms in total. The van der Waals surface area contributed by atoms with E-state index in [0.717, 1.165) is 0 Å². The van der Waals surface area contributed by atoms with Crippen LogP contribution in [0, 0.1) is 0 Å². The minimum atomic E-state index is -2.18. The van der Waals surface area contributed by atoms with Crippen molar-refractivity contribution in [3.05, 3.63) is 0 Å². The molecule has 21 heavy (non-hydrogen) atoms. The molecule has 0 heterocycles. The molecular weight excluding hydrogens is 399 g/mol. The zero-order chi connectivity index (χ0) is 15.6. The van der Waals surface area contributed by atoms with Crippen molar-refractivity contribution in [2.75, 3.05) is 39.6 Å². The van der Waals surface area contributed by atoms with Gasteiger partial charge in [0.05, 0.1) is 0 Å². The van der Waals surface area contributed by atoms with Crippen molar-refractivity contribution in [3.8, 4) is 0 Å². The van der Waals surface area contributed by atoms with E-state index in [9.17, 15) is 0 Å². The van der Waals surface area contributed by atoms with Crippen molar-refractivity contribution in [2.45, 2.75) is 41.5 Å². The van der Waals surface area contributed by atoms with Gasteiger partial charge in [-0.2, -0.15) is 0 Å². The summed E-state index contributed by atoms with van der Waals surface area (Å²) in [7, 11) is 0. The van der Waals surface area contributed by atoms with E-state index in [0.29, 0.717) is 39.6 Å². The quantitative estimate of drug-likeness (QED) is 0.468. The Labute approximate surface area is 140 Å². The van der Waals surface area contributed by atoms with Crippen molar-refractivity contribution in [1.82, 2.24) is 6.15 Å². The van der Waals surface area contributed by atoms with Crippen molar-refractivity contribution >= 4 is 30.7 Å². The van der Waals surface area contributed by atoms with Crippen LogP contribution < -0.4 is 6.15 Å². The van der Waals surface area contributed by atoms with E-state index >= 15 is 0 Å². The summed E-state index contributed by atoms with van der Waals surface area (Å²) in [5, 5.41) is 0. The topological polar surface area (TPSA) is 90.4 Å². The fourth-order valence-corrected chi connectivity index (χ4v) is 5.74. The minimum Gasteiger partial charge on any atom is -0.344 e. The Hall–Kier alpha value is 0.806. The number of hydrogen-bond acceptors (Lipinski definition) is 7. The molecule has 0 aliphatic heterocycles. The van der Waals surface area contributed by atoms with E-state index in [4.69, 9.17) is 22.6 Å². The van der Waals surface area contributed by atoms with Gasteiger partial charge in [-0.05, 0) is 0 Å². The summed E-state index contributed by atoms with van der Waals surface area (Å²) < 4.78 is 31.6. The molecule has 9 heteroatoms.